The van der Waals surface area contributed by atoms with Crippen molar-refractivity contribution in [3.8, 4) is 10.6 Å². The molecule has 0 fully saturated rings. The van der Waals surface area contributed by atoms with E-state index in [9.17, 15) is 22.8 Å². The minimum absolute atomic E-state index is 0.279. The predicted molar refractivity (Wildman–Crippen MR) is 116 cm³/mol. The number of alkyl halides is 3. The first-order valence-corrected chi connectivity index (χ1v) is 10.9. The summed E-state index contributed by atoms with van der Waals surface area (Å²) in [6.45, 7) is 5.19. The zero-order valence-electron chi connectivity index (χ0n) is 17.1. The van der Waals surface area contributed by atoms with E-state index in [-0.39, 0.29) is 16.1 Å². The molecule has 0 radical (unpaired) electrons. The molecule has 0 saturated heterocycles. The third-order valence-corrected chi connectivity index (χ3v) is 6.78. The molecule has 0 aliphatic rings. The molecule has 0 bridgehead atoms. The summed E-state index contributed by atoms with van der Waals surface area (Å²) in [5, 5.41) is 7.21. The molecule has 31 heavy (non-hydrogen) atoms. The summed E-state index contributed by atoms with van der Waals surface area (Å²) in [4.78, 5) is 30.5. The number of nitrogens with one attached hydrogen (secondary N) is 1. The summed E-state index contributed by atoms with van der Waals surface area (Å²) in [5.41, 5.74) is 2.11. The lowest BCUT2D eigenvalue weighted by Crippen LogP contribution is -2.23. The van der Waals surface area contributed by atoms with Gasteiger partial charge in [0.25, 0.3) is 11.5 Å². The van der Waals surface area contributed by atoms with Crippen molar-refractivity contribution in [3.63, 3.8) is 0 Å². The first-order chi connectivity index (χ1) is 14.5. The van der Waals surface area contributed by atoms with Gasteiger partial charge in [0.05, 0.1) is 28.4 Å². The monoisotopic (exact) mass is 468 g/mol. The largest absolute Gasteiger partial charge is 0.398 e. The van der Waals surface area contributed by atoms with Gasteiger partial charge in [-0.1, -0.05) is 12.1 Å². The lowest BCUT2D eigenvalue weighted by molar-refractivity contribution is -0.105. The van der Waals surface area contributed by atoms with E-state index in [1.807, 2.05) is 0 Å². The molecule has 0 spiro atoms. The van der Waals surface area contributed by atoms with Crippen LogP contribution in [0.15, 0.2) is 34.0 Å². The summed E-state index contributed by atoms with van der Waals surface area (Å²) in [5.74, 6) is -1.56. The molecule has 3 aromatic rings. The van der Waals surface area contributed by atoms with Gasteiger partial charge < -0.3 is 5.32 Å². The number of nitrogens with zero attached hydrogens (tertiary/aromatic N) is 3. The van der Waals surface area contributed by atoms with Crippen LogP contribution < -0.4 is 10.9 Å². The third kappa shape index (κ3) is 5.16. The summed E-state index contributed by atoms with van der Waals surface area (Å²) in [7, 11) is 1.54. The van der Waals surface area contributed by atoms with E-state index in [1.165, 1.54) is 10.7 Å². The molecular weight excluding hydrogens is 449 g/mol. The minimum atomic E-state index is -4.32. The smallest absolute Gasteiger partial charge is 0.320 e. The number of hydrogen-bond acceptors (Lipinski definition) is 6. The SMILES string of the molecule is Cc1nc(-c2c(C)c(C)nn(C)c2=O)sc1C(=O)Nc1ccccc1SCC(F)(F)F. The van der Waals surface area contributed by atoms with E-state index in [1.54, 1.807) is 46.0 Å². The number of aromatic nitrogens is 3. The first kappa shape index (κ1) is 23.0. The number of anilines is 1. The van der Waals surface area contributed by atoms with Crippen LogP contribution in [0.4, 0.5) is 18.9 Å². The highest BCUT2D eigenvalue weighted by Crippen LogP contribution is 2.33. The Bertz CT molecular complexity index is 1200. The molecule has 1 amide bonds. The van der Waals surface area contributed by atoms with Crippen LogP contribution in [0.3, 0.4) is 0 Å². The maximum atomic E-state index is 12.9. The van der Waals surface area contributed by atoms with E-state index >= 15 is 0 Å². The number of amides is 1. The number of thiazole rings is 1. The summed E-state index contributed by atoms with van der Waals surface area (Å²) in [6, 6.07) is 6.30. The number of hydrogen-bond donors (Lipinski definition) is 1. The van der Waals surface area contributed by atoms with Crippen LogP contribution in [-0.2, 0) is 7.05 Å². The lowest BCUT2D eigenvalue weighted by Gasteiger charge is -2.11. The second-order valence-corrected chi connectivity index (χ2v) is 8.82. The van der Waals surface area contributed by atoms with Gasteiger partial charge in [-0.3, -0.25) is 9.59 Å². The fourth-order valence-electron chi connectivity index (χ4n) is 2.85. The van der Waals surface area contributed by atoms with Gasteiger partial charge in [0, 0.05) is 11.9 Å². The number of para-hydroxylation sites is 1. The Hall–Kier alpha value is -2.66. The van der Waals surface area contributed by atoms with Crippen LogP contribution in [0.5, 0.6) is 0 Å². The molecule has 0 aliphatic heterocycles. The van der Waals surface area contributed by atoms with Crippen LogP contribution in [0.25, 0.3) is 10.6 Å². The average molecular weight is 469 g/mol. The zero-order valence-corrected chi connectivity index (χ0v) is 18.8. The molecule has 0 unspecified atom stereocenters. The van der Waals surface area contributed by atoms with Crippen molar-refractivity contribution in [1.82, 2.24) is 14.8 Å². The molecule has 3 rings (SSSR count). The van der Waals surface area contributed by atoms with Crippen molar-refractivity contribution in [3.05, 3.63) is 56.4 Å². The number of rotatable bonds is 5. The van der Waals surface area contributed by atoms with E-state index in [2.05, 4.69) is 15.4 Å². The molecular formula is C20H19F3N4O2S2. The van der Waals surface area contributed by atoms with Gasteiger partial charge >= 0.3 is 6.18 Å². The van der Waals surface area contributed by atoms with Gasteiger partial charge in [-0.05, 0) is 38.5 Å². The molecule has 0 aliphatic carbocycles. The van der Waals surface area contributed by atoms with Crippen molar-refractivity contribution in [1.29, 1.82) is 0 Å². The quantitative estimate of drug-likeness (QED) is 0.548. The number of benzene rings is 1. The molecule has 1 aromatic carbocycles. The Balaban J connectivity index is 1.91. The predicted octanol–water partition coefficient (Wildman–Crippen LogP) is 4.74. The van der Waals surface area contributed by atoms with Crippen molar-refractivity contribution in [2.75, 3.05) is 11.1 Å². The number of carbonyl (C=O) groups excluding carboxylic acids is 1. The van der Waals surface area contributed by atoms with E-state index in [0.29, 0.717) is 44.2 Å². The van der Waals surface area contributed by atoms with Crippen molar-refractivity contribution in [2.45, 2.75) is 31.8 Å². The molecule has 6 nitrogen and oxygen atoms in total. The van der Waals surface area contributed by atoms with Crippen LogP contribution in [0.1, 0.15) is 26.6 Å². The lowest BCUT2D eigenvalue weighted by atomic mass is 10.1. The summed E-state index contributed by atoms with van der Waals surface area (Å²) < 4.78 is 39.0. The second-order valence-electron chi connectivity index (χ2n) is 6.80. The maximum Gasteiger partial charge on any atom is 0.398 e. The zero-order chi connectivity index (χ0) is 22.9. The molecule has 2 aromatic heterocycles. The van der Waals surface area contributed by atoms with Gasteiger partial charge in [0.1, 0.15) is 9.88 Å². The molecule has 2 heterocycles. The molecule has 1 N–H and O–H groups in total. The Morgan fingerprint density at radius 3 is 2.55 bits per heavy atom. The summed E-state index contributed by atoms with van der Waals surface area (Å²) in [6.07, 6.45) is -4.32. The molecule has 0 atom stereocenters. The highest BCUT2D eigenvalue weighted by molar-refractivity contribution is 7.99. The second kappa shape index (κ2) is 8.83. The van der Waals surface area contributed by atoms with Gasteiger partial charge in [0.2, 0.25) is 0 Å². The van der Waals surface area contributed by atoms with Gasteiger partial charge in [-0.15, -0.1) is 23.1 Å². The maximum absolute atomic E-state index is 12.9. The van der Waals surface area contributed by atoms with Crippen LogP contribution in [0, 0.1) is 20.8 Å². The Morgan fingerprint density at radius 1 is 1.19 bits per heavy atom. The van der Waals surface area contributed by atoms with Gasteiger partial charge in [-0.25, -0.2) is 9.67 Å². The van der Waals surface area contributed by atoms with Crippen LogP contribution in [0.2, 0.25) is 0 Å². The number of halogens is 3. The molecule has 164 valence electrons. The highest BCUT2D eigenvalue weighted by Gasteiger charge is 2.28. The van der Waals surface area contributed by atoms with Crippen LogP contribution >= 0.6 is 23.1 Å². The fraction of sp³-hybridized carbons (Fsp3) is 0.300. The van der Waals surface area contributed by atoms with E-state index in [0.717, 1.165) is 11.3 Å². The standard InChI is InChI=1S/C20H19F3N4O2S2/c1-10-11(2)26-27(4)19(29)15(10)18-24-12(3)16(31-18)17(28)25-13-7-5-6-8-14(13)30-9-20(21,22)23/h5-8H,9H2,1-4H3,(H,25,28). The van der Waals surface area contributed by atoms with Gasteiger partial charge in [-0.2, -0.15) is 18.3 Å². The average Bonchev–Trinajstić information content (AvgIpc) is 3.06. The van der Waals surface area contributed by atoms with Gasteiger partial charge in [0.15, 0.2) is 0 Å². The normalized spacial score (nSPS) is 11.6. The van der Waals surface area contributed by atoms with Crippen molar-refractivity contribution in [2.24, 2.45) is 7.05 Å². The third-order valence-electron chi connectivity index (χ3n) is 4.47. The minimum Gasteiger partial charge on any atom is -0.320 e. The van der Waals surface area contributed by atoms with E-state index < -0.39 is 17.8 Å². The highest BCUT2D eigenvalue weighted by atomic mass is 32.2. The van der Waals surface area contributed by atoms with E-state index in [4.69, 9.17) is 0 Å². The van der Waals surface area contributed by atoms with Crippen molar-refractivity contribution < 1.29 is 18.0 Å². The topological polar surface area (TPSA) is 76.9 Å². The number of thioether (sulfide) groups is 1. The Kier molecular flexibility index (Phi) is 6.56. The summed E-state index contributed by atoms with van der Waals surface area (Å²) >= 11 is 1.66. The van der Waals surface area contributed by atoms with Crippen molar-refractivity contribution >= 4 is 34.7 Å². The fourth-order valence-corrected chi connectivity index (χ4v) is 4.67. The first-order valence-electron chi connectivity index (χ1n) is 9.10. The Labute approximate surface area is 184 Å². The molecule has 11 heteroatoms. The number of carbonyl (C=O) groups is 1. The van der Waals surface area contributed by atoms with Crippen LogP contribution in [-0.4, -0.2) is 32.6 Å². The number of aryl methyl sites for hydroxylation is 3. The Morgan fingerprint density at radius 2 is 1.87 bits per heavy atom. The molecule has 0 saturated carbocycles.